The van der Waals surface area contributed by atoms with Crippen LogP contribution < -0.4 is 0 Å². The Balaban J connectivity index is 1.74. The topological polar surface area (TPSA) is 82.5 Å². The van der Waals surface area contributed by atoms with E-state index in [-0.39, 0.29) is 0 Å². The van der Waals surface area contributed by atoms with Crippen molar-refractivity contribution in [2.75, 3.05) is 0 Å². The number of hydrogen-bond donors (Lipinski definition) is 0. The highest BCUT2D eigenvalue weighted by Gasteiger charge is 2.20. The summed E-state index contributed by atoms with van der Waals surface area (Å²) in [6.45, 7) is 2.02. The molecule has 25 heavy (non-hydrogen) atoms. The van der Waals surface area contributed by atoms with E-state index in [0.29, 0.717) is 28.9 Å². The summed E-state index contributed by atoms with van der Waals surface area (Å²) in [5.41, 5.74) is 3.13. The summed E-state index contributed by atoms with van der Waals surface area (Å²) >= 11 is 5.95. The Morgan fingerprint density at radius 2 is 1.68 bits per heavy atom. The van der Waals surface area contributed by atoms with Gasteiger partial charge in [-0.2, -0.15) is 0 Å². The van der Waals surface area contributed by atoms with Crippen LogP contribution in [0.5, 0.6) is 0 Å². The zero-order chi connectivity index (χ0) is 17.2. The lowest BCUT2D eigenvalue weighted by Gasteiger charge is -2.04. The first-order valence-electron chi connectivity index (χ1n) is 7.71. The molecular formula is C17H13ClN6O. The molecule has 0 fully saturated rings. The lowest BCUT2D eigenvalue weighted by atomic mass is 10.2. The molecular weight excluding hydrogens is 340 g/mol. The fourth-order valence-corrected chi connectivity index (χ4v) is 2.63. The maximum Gasteiger partial charge on any atom is 0.270 e. The van der Waals surface area contributed by atoms with Crippen LogP contribution in [0.15, 0.2) is 53.2 Å². The molecule has 0 atom stereocenters. The molecule has 4 aromatic rings. The van der Waals surface area contributed by atoms with Gasteiger partial charge in [0.25, 0.3) is 5.89 Å². The minimum absolute atomic E-state index is 0.337. The number of aromatic nitrogens is 6. The summed E-state index contributed by atoms with van der Waals surface area (Å²) in [5.74, 6) is 0.754. The molecule has 0 bridgehead atoms. The summed E-state index contributed by atoms with van der Waals surface area (Å²) in [5, 5.41) is 17.3. The highest BCUT2D eigenvalue weighted by molar-refractivity contribution is 6.30. The van der Waals surface area contributed by atoms with Gasteiger partial charge in [-0.3, -0.25) is 4.98 Å². The van der Waals surface area contributed by atoms with Gasteiger partial charge in [0, 0.05) is 23.0 Å². The predicted octanol–water partition coefficient (Wildman–Crippen LogP) is 3.60. The summed E-state index contributed by atoms with van der Waals surface area (Å²) in [4.78, 5) is 3.98. The van der Waals surface area contributed by atoms with Crippen molar-refractivity contribution in [2.45, 2.75) is 13.3 Å². The molecule has 4 rings (SSSR count). The Bertz CT molecular complexity index is 994. The van der Waals surface area contributed by atoms with E-state index in [1.165, 1.54) is 0 Å². The second-order valence-electron chi connectivity index (χ2n) is 5.27. The first-order valence-corrected chi connectivity index (χ1v) is 8.09. The van der Waals surface area contributed by atoms with Crippen LogP contribution >= 0.6 is 11.6 Å². The molecule has 0 N–H and O–H groups in total. The second-order valence-corrected chi connectivity index (χ2v) is 5.71. The molecule has 8 heteroatoms. The maximum absolute atomic E-state index is 5.95. The van der Waals surface area contributed by atoms with Crippen LogP contribution in [0.3, 0.4) is 0 Å². The molecule has 0 aliphatic rings. The molecule has 0 aliphatic carbocycles. The van der Waals surface area contributed by atoms with Gasteiger partial charge in [0.15, 0.2) is 5.69 Å². The Labute approximate surface area is 148 Å². The van der Waals surface area contributed by atoms with Crippen LogP contribution in [-0.2, 0) is 6.42 Å². The van der Waals surface area contributed by atoms with Crippen molar-refractivity contribution >= 4 is 11.6 Å². The first kappa shape index (κ1) is 15.5. The van der Waals surface area contributed by atoms with E-state index in [1.807, 2.05) is 43.3 Å². The van der Waals surface area contributed by atoms with Gasteiger partial charge < -0.3 is 4.42 Å². The van der Waals surface area contributed by atoms with Crippen molar-refractivity contribution in [3.63, 3.8) is 0 Å². The van der Waals surface area contributed by atoms with Crippen LogP contribution in [0, 0.1) is 0 Å². The number of hydrogen-bond acceptors (Lipinski definition) is 6. The van der Waals surface area contributed by atoms with Gasteiger partial charge in [-0.25, -0.2) is 4.68 Å². The van der Waals surface area contributed by atoms with Crippen molar-refractivity contribution in [1.29, 1.82) is 0 Å². The zero-order valence-electron chi connectivity index (χ0n) is 13.3. The Hall–Kier alpha value is -3.06. The Morgan fingerprint density at radius 1 is 0.960 bits per heavy atom. The second kappa shape index (κ2) is 6.45. The van der Waals surface area contributed by atoms with E-state index in [9.17, 15) is 0 Å². The highest BCUT2D eigenvalue weighted by atomic mass is 35.5. The standard InChI is InChI=1S/C17H13ClN6O/c1-2-14-15(20-23-24(14)13-5-3-12(18)4-6-13)17-22-21-16(25-17)11-7-9-19-10-8-11/h3-10H,2H2,1H3. The first-order chi connectivity index (χ1) is 12.3. The van der Waals surface area contributed by atoms with Crippen molar-refractivity contribution in [2.24, 2.45) is 0 Å². The zero-order valence-corrected chi connectivity index (χ0v) is 14.1. The smallest absolute Gasteiger partial charge is 0.270 e. The minimum atomic E-state index is 0.337. The predicted molar refractivity (Wildman–Crippen MR) is 92.3 cm³/mol. The van der Waals surface area contributed by atoms with Crippen LogP contribution in [-0.4, -0.2) is 30.2 Å². The lowest BCUT2D eigenvalue weighted by Crippen LogP contribution is -2.01. The number of halogens is 1. The van der Waals surface area contributed by atoms with E-state index in [4.69, 9.17) is 16.0 Å². The van der Waals surface area contributed by atoms with Gasteiger partial charge in [0.05, 0.1) is 11.4 Å². The van der Waals surface area contributed by atoms with Crippen LogP contribution in [0.2, 0.25) is 5.02 Å². The quantitative estimate of drug-likeness (QED) is 0.558. The van der Waals surface area contributed by atoms with Crippen LogP contribution in [0.4, 0.5) is 0 Å². The average molecular weight is 353 g/mol. The van der Waals surface area contributed by atoms with E-state index in [1.54, 1.807) is 17.1 Å². The van der Waals surface area contributed by atoms with Gasteiger partial charge in [0.2, 0.25) is 5.89 Å². The van der Waals surface area contributed by atoms with Crippen molar-refractivity contribution in [3.05, 3.63) is 59.5 Å². The van der Waals surface area contributed by atoms with Crippen molar-refractivity contribution in [1.82, 2.24) is 30.2 Å². The SMILES string of the molecule is CCc1c(-c2nnc(-c3ccncc3)o2)nnn1-c1ccc(Cl)cc1. The number of nitrogens with zero attached hydrogens (tertiary/aromatic N) is 6. The molecule has 3 aromatic heterocycles. The molecule has 0 saturated carbocycles. The van der Waals surface area contributed by atoms with Crippen LogP contribution in [0.25, 0.3) is 28.7 Å². The molecule has 7 nitrogen and oxygen atoms in total. The van der Waals surface area contributed by atoms with E-state index in [0.717, 1.165) is 16.9 Å². The summed E-state index contributed by atoms with van der Waals surface area (Å²) < 4.78 is 7.53. The third-order valence-corrected chi connectivity index (χ3v) is 3.98. The van der Waals surface area contributed by atoms with Gasteiger partial charge >= 0.3 is 0 Å². The molecule has 0 unspecified atom stereocenters. The minimum Gasteiger partial charge on any atom is -0.414 e. The third-order valence-electron chi connectivity index (χ3n) is 3.72. The molecule has 0 amide bonds. The van der Waals surface area contributed by atoms with Gasteiger partial charge in [-0.15, -0.1) is 15.3 Å². The summed E-state index contributed by atoms with van der Waals surface area (Å²) in [7, 11) is 0. The summed E-state index contributed by atoms with van der Waals surface area (Å²) in [6.07, 6.45) is 4.05. The largest absolute Gasteiger partial charge is 0.414 e. The third kappa shape index (κ3) is 2.89. The van der Waals surface area contributed by atoms with Gasteiger partial charge in [-0.05, 0) is 42.8 Å². The summed E-state index contributed by atoms with van der Waals surface area (Å²) in [6, 6.07) is 11.0. The molecule has 0 aliphatic heterocycles. The molecule has 0 spiro atoms. The molecule has 124 valence electrons. The van der Waals surface area contributed by atoms with Gasteiger partial charge in [0.1, 0.15) is 0 Å². The molecule has 3 heterocycles. The van der Waals surface area contributed by atoms with E-state index in [2.05, 4.69) is 25.5 Å². The van der Waals surface area contributed by atoms with Crippen molar-refractivity contribution < 1.29 is 4.42 Å². The average Bonchev–Trinajstić information content (AvgIpc) is 3.30. The molecule has 0 saturated heterocycles. The fraction of sp³-hybridized carbons (Fsp3) is 0.118. The number of rotatable bonds is 4. The monoisotopic (exact) mass is 352 g/mol. The highest BCUT2D eigenvalue weighted by Crippen LogP contribution is 2.26. The number of benzene rings is 1. The van der Waals surface area contributed by atoms with E-state index < -0.39 is 0 Å². The lowest BCUT2D eigenvalue weighted by molar-refractivity contribution is 0.581. The maximum atomic E-state index is 5.95. The van der Waals surface area contributed by atoms with Crippen molar-refractivity contribution in [3.8, 4) is 28.7 Å². The van der Waals surface area contributed by atoms with Crippen LogP contribution in [0.1, 0.15) is 12.6 Å². The number of pyridine rings is 1. The Morgan fingerprint density at radius 3 is 2.40 bits per heavy atom. The Kier molecular flexibility index (Phi) is 3.99. The normalized spacial score (nSPS) is 11.0. The molecule has 0 radical (unpaired) electrons. The molecule has 1 aromatic carbocycles. The van der Waals surface area contributed by atoms with E-state index >= 15 is 0 Å². The van der Waals surface area contributed by atoms with Gasteiger partial charge in [-0.1, -0.05) is 23.7 Å². The fourth-order valence-electron chi connectivity index (χ4n) is 2.50.